The van der Waals surface area contributed by atoms with Crippen LogP contribution in [-0.2, 0) is 0 Å². The number of aryl methyl sites for hydroxylation is 2. The maximum atomic E-state index is 12.3. The van der Waals surface area contributed by atoms with Crippen LogP contribution in [0.2, 0.25) is 10.0 Å². The Kier molecular flexibility index (Phi) is 4.92. The second-order valence-corrected chi connectivity index (χ2v) is 5.82. The molecule has 0 aliphatic heterocycles. The van der Waals surface area contributed by atoms with Gasteiger partial charge in [0.15, 0.2) is 6.10 Å². The number of ether oxygens (including phenoxy) is 1. The van der Waals surface area contributed by atoms with Crippen molar-refractivity contribution >= 4 is 29.0 Å². The fourth-order valence-electron chi connectivity index (χ4n) is 2.08. The first kappa shape index (κ1) is 15.9. The summed E-state index contributed by atoms with van der Waals surface area (Å²) in [7, 11) is 0. The van der Waals surface area contributed by atoms with Gasteiger partial charge in [0.25, 0.3) is 0 Å². The van der Waals surface area contributed by atoms with Crippen LogP contribution < -0.4 is 4.74 Å². The van der Waals surface area contributed by atoms with E-state index in [-0.39, 0.29) is 5.78 Å². The summed E-state index contributed by atoms with van der Waals surface area (Å²) in [6, 6.07) is 10.4. The Morgan fingerprint density at radius 2 is 1.57 bits per heavy atom. The minimum absolute atomic E-state index is 0.0862. The molecule has 1 unspecified atom stereocenters. The summed E-state index contributed by atoms with van der Waals surface area (Å²) in [6.45, 7) is 5.55. The molecule has 0 N–H and O–H groups in total. The summed E-state index contributed by atoms with van der Waals surface area (Å²) in [4.78, 5) is 12.3. The second-order valence-electron chi connectivity index (χ2n) is 5.00. The van der Waals surface area contributed by atoms with Gasteiger partial charge in [-0.25, -0.2) is 0 Å². The van der Waals surface area contributed by atoms with Gasteiger partial charge in [0.1, 0.15) is 5.75 Å². The largest absolute Gasteiger partial charge is 0.483 e. The number of hydrogen-bond acceptors (Lipinski definition) is 2. The van der Waals surface area contributed by atoms with Gasteiger partial charge in [-0.2, -0.15) is 0 Å². The van der Waals surface area contributed by atoms with E-state index in [2.05, 4.69) is 0 Å². The molecule has 1 atom stereocenters. The van der Waals surface area contributed by atoms with E-state index in [1.807, 2.05) is 26.0 Å². The molecule has 0 saturated heterocycles. The Balaban J connectivity index is 2.16. The quantitative estimate of drug-likeness (QED) is 0.717. The molecule has 0 aliphatic carbocycles. The lowest BCUT2D eigenvalue weighted by Crippen LogP contribution is -2.23. The minimum atomic E-state index is -0.578. The van der Waals surface area contributed by atoms with E-state index in [1.54, 1.807) is 31.2 Å². The summed E-state index contributed by atoms with van der Waals surface area (Å²) in [5.74, 6) is 0.557. The zero-order valence-corrected chi connectivity index (χ0v) is 13.6. The molecule has 2 aromatic rings. The maximum absolute atomic E-state index is 12.3. The lowest BCUT2D eigenvalue weighted by molar-refractivity contribution is 0.0818. The van der Waals surface area contributed by atoms with E-state index in [9.17, 15) is 4.79 Å². The zero-order valence-electron chi connectivity index (χ0n) is 12.1. The second kappa shape index (κ2) is 6.50. The molecule has 2 rings (SSSR count). The van der Waals surface area contributed by atoms with Gasteiger partial charge in [-0.3, -0.25) is 4.79 Å². The number of carbonyl (C=O) groups is 1. The average molecular weight is 323 g/mol. The Labute approximate surface area is 134 Å². The van der Waals surface area contributed by atoms with Crippen LogP contribution in [0.5, 0.6) is 5.75 Å². The number of ketones is 1. The highest BCUT2D eigenvalue weighted by atomic mass is 35.5. The standard InChI is InChI=1S/C17H16Cl2O2/c1-10-8-15(9-11(2)16(10)19)21-12(3)17(20)13-4-6-14(18)7-5-13/h4-9,12H,1-3H3. The Morgan fingerprint density at radius 3 is 2.10 bits per heavy atom. The van der Waals surface area contributed by atoms with Crippen LogP contribution >= 0.6 is 23.2 Å². The lowest BCUT2D eigenvalue weighted by Gasteiger charge is -2.15. The Morgan fingerprint density at radius 1 is 1.05 bits per heavy atom. The third kappa shape index (κ3) is 3.78. The van der Waals surface area contributed by atoms with Crippen LogP contribution in [0.1, 0.15) is 28.4 Å². The highest BCUT2D eigenvalue weighted by Gasteiger charge is 2.17. The number of Topliss-reactive ketones (excluding diaryl/α,β-unsaturated/α-hetero) is 1. The molecule has 0 spiro atoms. The van der Waals surface area contributed by atoms with Crippen molar-refractivity contribution in [3.05, 3.63) is 63.1 Å². The summed E-state index contributed by atoms with van der Waals surface area (Å²) < 4.78 is 5.74. The predicted molar refractivity (Wildman–Crippen MR) is 86.8 cm³/mol. The molecule has 0 amide bonds. The molecule has 0 fully saturated rings. The normalized spacial score (nSPS) is 12.0. The van der Waals surface area contributed by atoms with Gasteiger partial charge in [0, 0.05) is 15.6 Å². The summed E-state index contributed by atoms with van der Waals surface area (Å²) in [6.07, 6.45) is -0.578. The molecule has 110 valence electrons. The first-order valence-corrected chi connectivity index (χ1v) is 7.37. The molecular weight excluding hydrogens is 307 g/mol. The van der Waals surface area contributed by atoms with Crippen molar-refractivity contribution in [1.29, 1.82) is 0 Å². The van der Waals surface area contributed by atoms with Gasteiger partial charge >= 0.3 is 0 Å². The Hall–Kier alpha value is -1.51. The van der Waals surface area contributed by atoms with E-state index in [0.717, 1.165) is 16.1 Å². The van der Waals surface area contributed by atoms with Gasteiger partial charge in [-0.1, -0.05) is 23.2 Å². The third-order valence-corrected chi connectivity index (χ3v) is 4.07. The van der Waals surface area contributed by atoms with Crippen molar-refractivity contribution in [2.75, 3.05) is 0 Å². The number of hydrogen-bond donors (Lipinski definition) is 0. The zero-order chi connectivity index (χ0) is 15.6. The molecule has 0 radical (unpaired) electrons. The number of carbonyl (C=O) groups excluding carboxylic acids is 1. The molecule has 0 aromatic heterocycles. The fourth-order valence-corrected chi connectivity index (χ4v) is 2.32. The molecule has 0 saturated carbocycles. The van der Waals surface area contributed by atoms with Crippen molar-refractivity contribution < 1.29 is 9.53 Å². The smallest absolute Gasteiger partial charge is 0.202 e. The lowest BCUT2D eigenvalue weighted by atomic mass is 10.1. The maximum Gasteiger partial charge on any atom is 0.202 e. The summed E-state index contributed by atoms with van der Waals surface area (Å²) >= 11 is 11.9. The van der Waals surface area contributed by atoms with E-state index >= 15 is 0 Å². The number of rotatable bonds is 4. The van der Waals surface area contributed by atoms with E-state index < -0.39 is 6.10 Å². The first-order chi connectivity index (χ1) is 9.88. The molecule has 2 nitrogen and oxygen atoms in total. The van der Waals surface area contributed by atoms with Crippen LogP contribution in [0, 0.1) is 13.8 Å². The average Bonchev–Trinajstić information content (AvgIpc) is 2.44. The van der Waals surface area contributed by atoms with Crippen LogP contribution in [-0.4, -0.2) is 11.9 Å². The monoisotopic (exact) mass is 322 g/mol. The molecule has 4 heteroatoms. The summed E-state index contributed by atoms with van der Waals surface area (Å²) in [5.41, 5.74) is 2.44. The van der Waals surface area contributed by atoms with E-state index in [4.69, 9.17) is 27.9 Å². The topological polar surface area (TPSA) is 26.3 Å². The molecule has 0 bridgehead atoms. The van der Waals surface area contributed by atoms with Gasteiger partial charge in [0.2, 0.25) is 5.78 Å². The number of benzene rings is 2. The van der Waals surface area contributed by atoms with Crippen molar-refractivity contribution in [1.82, 2.24) is 0 Å². The fraction of sp³-hybridized carbons (Fsp3) is 0.235. The first-order valence-electron chi connectivity index (χ1n) is 6.61. The van der Waals surface area contributed by atoms with E-state index in [0.29, 0.717) is 16.3 Å². The van der Waals surface area contributed by atoms with Crippen molar-refractivity contribution in [2.45, 2.75) is 26.9 Å². The van der Waals surface area contributed by atoms with Crippen molar-refractivity contribution in [2.24, 2.45) is 0 Å². The molecule has 21 heavy (non-hydrogen) atoms. The van der Waals surface area contributed by atoms with Crippen LogP contribution in [0.3, 0.4) is 0 Å². The molecule has 2 aromatic carbocycles. The SMILES string of the molecule is Cc1cc(OC(C)C(=O)c2ccc(Cl)cc2)cc(C)c1Cl. The summed E-state index contributed by atoms with van der Waals surface area (Å²) in [5, 5.41) is 1.32. The van der Waals surface area contributed by atoms with Gasteiger partial charge < -0.3 is 4.74 Å². The molecule has 0 aliphatic rings. The van der Waals surface area contributed by atoms with E-state index in [1.165, 1.54) is 0 Å². The van der Waals surface area contributed by atoms with Crippen LogP contribution in [0.4, 0.5) is 0 Å². The van der Waals surface area contributed by atoms with Crippen molar-refractivity contribution in [3.8, 4) is 5.75 Å². The van der Waals surface area contributed by atoms with Crippen LogP contribution in [0.15, 0.2) is 36.4 Å². The van der Waals surface area contributed by atoms with Gasteiger partial charge in [0.05, 0.1) is 0 Å². The van der Waals surface area contributed by atoms with Crippen molar-refractivity contribution in [3.63, 3.8) is 0 Å². The number of halogens is 2. The predicted octanol–water partition coefficient (Wildman–Crippen LogP) is 5.26. The highest BCUT2D eigenvalue weighted by Crippen LogP contribution is 2.26. The van der Waals surface area contributed by atoms with Gasteiger partial charge in [-0.05, 0) is 68.3 Å². The Bertz CT molecular complexity index is 640. The highest BCUT2D eigenvalue weighted by molar-refractivity contribution is 6.32. The third-order valence-electron chi connectivity index (χ3n) is 3.22. The molecule has 0 heterocycles. The molecular formula is C17H16Cl2O2. The van der Waals surface area contributed by atoms with Gasteiger partial charge in [-0.15, -0.1) is 0 Å². The minimum Gasteiger partial charge on any atom is -0.483 e. The van der Waals surface area contributed by atoms with Crippen LogP contribution in [0.25, 0.3) is 0 Å².